The van der Waals surface area contributed by atoms with Crippen molar-refractivity contribution < 1.29 is 0 Å². The monoisotopic (exact) mass is 270 g/mol. The van der Waals surface area contributed by atoms with E-state index in [0.29, 0.717) is 6.04 Å². The van der Waals surface area contributed by atoms with Crippen LogP contribution in [0.15, 0.2) is 36.8 Å². The van der Waals surface area contributed by atoms with Crippen LogP contribution in [0.5, 0.6) is 0 Å². The normalized spacial score (nSPS) is 22.6. The van der Waals surface area contributed by atoms with Gasteiger partial charge in [0.1, 0.15) is 0 Å². The maximum atomic E-state index is 4.46. The Kier molecular flexibility index (Phi) is 4.00. The van der Waals surface area contributed by atoms with Crippen molar-refractivity contribution in [1.82, 2.24) is 14.8 Å². The molecule has 2 aromatic heterocycles. The second-order valence-corrected chi connectivity index (χ2v) is 5.61. The highest BCUT2D eigenvalue weighted by Gasteiger charge is 2.21. The van der Waals surface area contributed by atoms with E-state index in [0.717, 1.165) is 17.4 Å². The molecular weight excluding hydrogens is 248 g/mol. The van der Waals surface area contributed by atoms with E-state index >= 15 is 0 Å². The first kappa shape index (κ1) is 13.2. The summed E-state index contributed by atoms with van der Waals surface area (Å²) in [5.74, 6) is 1.75. The molecule has 4 heteroatoms. The van der Waals surface area contributed by atoms with Gasteiger partial charge < -0.3 is 5.32 Å². The van der Waals surface area contributed by atoms with Gasteiger partial charge >= 0.3 is 0 Å². The second-order valence-electron chi connectivity index (χ2n) is 5.61. The highest BCUT2D eigenvalue weighted by atomic mass is 15.3. The molecule has 0 amide bonds. The Morgan fingerprint density at radius 2 is 2.25 bits per heavy atom. The number of hydrogen-bond donors (Lipinski definition) is 1. The number of rotatable bonds is 4. The minimum absolute atomic E-state index is 0.562. The highest BCUT2D eigenvalue weighted by molar-refractivity contribution is 5.56. The lowest BCUT2D eigenvalue weighted by Gasteiger charge is -2.30. The lowest BCUT2D eigenvalue weighted by atomic mass is 9.84. The average Bonchev–Trinajstić information content (AvgIpc) is 3.02. The van der Waals surface area contributed by atoms with Gasteiger partial charge in [0.2, 0.25) is 0 Å². The summed E-state index contributed by atoms with van der Waals surface area (Å²) >= 11 is 0. The Morgan fingerprint density at radius 3 is 3.05 bits per heavy atom. The minimum Gasteiger partial charge on any atom is -0.379 e. The topological polar surface area (TPSA) is 42.7 Å². The second kappa shape index (κ2) is 6.07. The van der Waals surface area contributed by atoms with Crippen molar-refractivity contribution in [3.8, 4) is 5.82 Å². The van der Waals surface area contributed by atoms with Crippen molar-refractivity contribution in [1.29, 1.82) is 0 Å². The van der Waals surface area contributed by atoms with Gasteiger partial charge in [-0.2, -0.15) is 5.10 Å². The van der Waals surface area contributed by atoms with Gasteiger partial charge in [-0.25, -0.2) is 9.67 Å². The zero-order valence-corrected chi connectivity index (χ0v) is 12.0. The first-order valence-corrected chi connectivity index (χ1v) is 7.58. The Hall–Kier alpha value is -1.84. The Bertz CT molecular complexity index is 535. The smallest absolute Gasteiger partial charge is 0.176 e. The van der Waals surface area contributed by atoms with Crippen LogP contribution in [0.3, 0.4) is 0 Å². The Morgan fingerprint density at radius 1 is 1.30 bits per heavy atom. The highest BCUT2D eigenvalue weighted by Crippen LogP contribution is 2.29. The van der Waals surface area contributed by atoms with Gasteiger partial charge in [-0.05, 0) is 37.0 Å². The van der Waals surface area contributed by atoms with Crippen molar-refractivity contribution >= 4 is 5.69 Å². The first-order valence-electron chi connectivity index (χ1n) is 7.58. The number of pyridine rings is 1. The zero-order chi connectivity index (χ0) is 13.8. The molecule has 0 radical (unpaired) electrons. The van der Waals surface area contributed by atoms with E-state index < -0.39 is 0 Å². The molecule has 2 atom stereocenters. The lowest BCUT2D eigenvalue weighted by Crippen LogP contribution is -2.27. The van der Waals surface area contributed by atoms with E-state index in [1.165, 1.54) is 32.1 Å². The van der Waals surface area contributed by atoms with Crippen molar-refractivity contribution in [3.05, 3.63) is 36.8 Å². The summed E-state index contributed by atoms with van der Waals surface area (Å²) in [6.07, 6.45) is 12.1. The van der Waals surface area contributed by atoms with Crippen LogP contribution in [0.25, 0.3) is 5.82 Å². The fourth-order valence-electron chi connectivity index (χ4n) is 3.10. The standard InChI is InChI=1S/C16H22N4/c1-2-13-6-3-7-14(12-13)19-15-8-4-9-17-16(15)20-11-5-10-18-20/h4-5,8-11,13-14,19H,2-3,6-7,12H2,1H3. The van der Waals surface area contributed by atoms with Gasteiger partial charge in [-0.15, -0.1) is 0 Å². The van der Waals surface area contributed by atoms with Gasteiger partial charge in [0.15, 0.2) is 5.82 Å². The molecule has 1 aliphatic carbocycles. The summed E-state index contributed by atoms with van der Waals surface area (Å²) in [6.45, 7) is 2.30. The average molecular weight is 270 g/mol. The van der Waals surface area contributed by atoms with E-state index in [2.05, 4.69) is 28.4 Å². The summed E-state index contributed by atoms with van der Waals surface area (Å²) in [7, 11) is 0. The number of anilines is 1. The molecule has 20 heavy (non-hydrogen) atoms. The van der Waals surface area contributed by atoms with E-state index in [1.54, 1.807) is 6.20 Å². The predicted octanol–water partition coefficient (Wildman–Crippen LogP) is 3.65. The molecule has 1 saturated carbocycles. The summed E-state index contributed by atoms with van der Waals surface area (Å²) in [4.78, 5) is 4.46. The van der Waals surface area contributed by atoms with Gasteiger partial charge in [0.25, 0.3) is 0 Å². The molecule has 0 aromatic carbocycles. The maximum Gasteiger partial charge on any atom is 0.176 e. The molecule has 0 spiro atoms. The molecule has 2 heterocycles. The maximum absolute atomic E-state index is 4.46. The number of nitrogens with zero attached hydrogens (tertiary/aromatic N) is 3. The van der Waals surface area contributed by atoms with Gasteiger partial charge in [0.05, 0.1) is 5.69 Å². The molecule has 0 saturated heterocycles. The van der Waals surface area contributed by atoms with Gasteiger partial charge in [-0.1, -0.05) is 26.2 Å². The zero-order valence-electron chi connectivity index (χ0n) is 12.0. The van der Waals surface area contributed by atoms with Crippen molar-refractivity contribution in [3.63, 3.8) is 0 Å². The van der Waals surface area contributed by atoms with Crippen LogP contribution in [0.1, 0.15) is 39.0 Å². The van der Waals surface area contributed by atoms with Crippen molar-refractivity contribution in [2.75, 3.05) is 5.32 Å². The quantitative estimate of drug-likeness (QED) is 0.922. The minimum atomic E-state index is 0.562. The van der Waals surface area contributed by atoms with Crippen molar-refractivity contribution in [2.45, 2.75) is 45.1 Å². The van der Waals surface area contributed by atoms with Crippen LogP contribution >= 0.6 is 0 Å². The SMILES string of the molecule is CCC1CCCC(Nc2cccnc2-n2cccn2)C1. The number of hydrogen-bond acceptors (Lipinski definition) is 3. The van der Waals surface area contributed by atoms with E-state index in [1.807, 2.05) is 29.2 Å². The van der Waals surface area contributed by atoms with E-state index in [9.17, 15) is 0 Å². The molecule has 3 rings (SSSR count). The molecule has 106 valence electrons. The third kappa shape index (κ3) is 2.84. The molecular formula is C16H22N4. The summed E-state index contributed by atoms with van der Waals surface area (Å²) in [5, 5.41) is 7.96. The molecule has 1 N–H and O–H groups in total. The lowest BCUT2D eigenvalue weighted by molar-refractivity contribution is 0.327. The van der Waals surface area contributed by atoms with Crippen LogP contribution in [0, 0.1) is 5.92 Å². The van der Waals surface area contributed by atoms with Crippen LogP contribution < -0.4 is 5.32 Å². The fourth-order valence-corrected chi connectivity index (χ4v) is 3.10. The van der Waals surface area contributed by atoms with Crippen LogP contribution in [-0.2, 0) is 0 Å². The molecule has 0 bridgehead atoms. The van der Waals surface area contributed by atoms with Gasteiger partial charge in [0, 0.05) is 24.6 Å². The number of aromatic nitrogens is 3. The fraction of sp³-hybridized carbons (Fsp3) is 0.500. The molecule has 1 aliphatic rings. The summed E-state index contributed by atoms with van der Waals surface area (Å²) in [6, 6.07) is 6.56. The molecule has 2 unspecified atom stereocenters. The van der Waals surface area contributed by atoms with Crippen molar-refractivity contribution in [2.24, 2.45) is 5.92 Å². The third-order valence-electron chi connectivity index (χ3n) is 4.23. The van der Waals surface area contributed by atoms with Crippen LogP contribution in [0.4, 0.5) is 5.69 Å². The predicted molar refractivity (Wildman–Crippen MR) is 81.0 cm³/mol. The molecule has 1 fully saturated rings. The molecule has 0 aliphatic heterocycles. The first-order chi connectivity index (χ1) is 9.86. The van der Waals surface area contributed by atoms with E-state index in [-0.39, 0.29) is 0 Å². The Balaban J connectivity index is 1.77. The van der Waals surface area contributed by atoms with Crippen LogP contribution in [-0.4, -0.2) is 20.8 Å². The molecule has 2 aromatic rings. The molecule has 4 nitrogen and oxygen atoms in total. The number of nitrogens with one attached hydrogen (secondary N) is 1. The van der Waals surface area contributed by atoms with Gasteiger partial charge in [-0.3, -0.25) is 0 Å². The third-order valence-corrected chi connectivity index (χ3v) is 4.23. The van der Waals surface area contributed by atoms with Crippen LogP contribution in [0.2, 0.25) is 0 Å². The summed E-state index contributed by atoms with van der Waals surface area (Å²) in [5.41, 5.74) is 1.08. The summed E-state index contributed by atoms with van der Waals surface area (Å²) < 4.78 is 1.82. The Labute approximate surface area is 120 Å². The largest absolute Gasteiger partial charge is 0.379 e. The van der Waals surface area contributed by atoms with E-state index in [4.69, 9.17) is 0 Å².